The fourth-order valence-electron chi connectivity index (χ4n) is 7.34. The second kappa shape index (κ2) is 14.3. The Morgan fingerprint density at radius 3 is 1.76 bits per heavy atom. The zero-order valence-electron chi connectivity index (χ0n) is 30.1. The number of hydrogen-bond acceptors (Lipinski definition) is 12. The van der Waals surface area contributed by atoms with E-state index in [2.05, 4.69) is 0 Å². The van der Waals surface area contributed by atoms with Crippen LogP contribution in [-0.2, 0) is 29.1 Å². The van der Waals surface area contributed by atoms with Gasteiger partial charge in [0.05, 0.1) is 30.8 Å². The predicted molar refractivity (Wildman–Crippen MR) is 225 cm³/mol. The molecule has 58 heavy (non-hydrogen) atoms. The van der Waals surface area contributed by atoms with E-state index in [4.69, 9.17) is 19.4 Å². The van der Waals surface area contributed by atoms with Gasteiger partial charge in [-0.15, -0.1) is 34.0 Å². The van der Waals surface area contributed by atoms with Crippen LogP contribution in [0.25, 0.3) is 42.0 Å². The molecule has 3 aromatic heterocycles. The Bertz CT molecular complexity index is 3100. The molecule has 0 N–H and O–H groups in total. The van der Waals surface area contributed by atoms with E-state index in [1.807, 2.05) is 78.9 Å². The van der Waals surface area contributed by atoms with Crippen LogP contribution in [0.2, 0.25) is 0 Å². The molecule has 0 unspecified atom stereocenters. The normalized spacial score (nSPS) is 14.2. The third-order valence-corrected chi connectivity index (χ3v) is 13.4. The van der Waals surface area contributed by atoms with Crippen molar-refractivity contribution in [2.24, 2.45) is 0 Å². The minimum absolute atomic E-state index is 0.00249. The molecule has 5 aromatic carbocycles. The molecule has 12 heteroatoms. The van der Waals surface area contributed by atoms with Crippen LogP contribution in [0.4, 0.5) is 0 Å². The van der Waals surface area contributed by atoms with Crippen LogP contribution in [-0.4, -0.2) is 39.3 Å². The number of esters is 2. The average molecular weight is 815 g/mol. The molecule has 0 fully saturated rings. The maximum atomic E-state index is 14.5. The molecule has 3 heterocycles. The minimum Gasteiger partial charge on any atom is -0.457 e. The van der Waals surface area contributed by atoms with Gasteiger partial charge in [0, 0.05) is 34.1 Å². The molecule has 0 radical (unpaired) electrons. The maximum absolute atomic E-state index is 14.5. The van der Waals surface area contributed by atoms with Crippen molar-refractivity contribution >= 4 is 105 Å². The Hall–Kier alpha value is -6.73. The predicted octanol–water partition coefficient (Wildman–Crippen LogP) is 10.1. The van der Waals surface area contributed by atoms with Crippen LogP contribution in [0.15, 0.2) is 120 Å². The molecule has 8 aromatic rings. The van der Waals surface area contributed by atoms with Gasteiger partial charge >= 0.3 is 11.9 Å². The van der Waals surface area contributed by atoms with E-state index >= 15 is 0 Å². The summed E-state index contributed by atoms with van der Waals surface area (Å²) in [7, 11) is 0. The van der Waals surface area contributed by atoms with Crippen LogP contribution in [0.3, 0.4) is 0 Å². The number of ether oxygens (including phenoxy) is 2. The number of fused-ring (bicyclic) bond motifs is 6. The molecular formula is C46H26N2O7S3. The van der Waals surface area contributed by atoms with Gasteiger partial charge in [0.1, 0.15) is 33.6 Å². The van der Waals surface area contributed by atoms with Gasteiger partial charge < -0.3 is 9.47 Å². The van der Waals surface area contributed by atoms with Gasteiger partial charge in [-0.2, -0.15) is 0 Å². The van der Waals surface area contributed by atoms with E-state index < -0.39 is 11.9 Å². The summed E-state index contributed by atoms with van der Waals surface area (Å²) in [5.41, 5.74) is 4.95. The van der Waals surface area contributed by atoms with E-state index in [9.17, 15) is 24.0 Å². The molecule has 0 saturated heterocycles. The lowest BCUT2D eigenvalue weighted by Crippen LogP contribution is -2.10. The molecule has 280 valence electrons. The number of thiazole rings is 2. The number of carbonyl (C=O) groups is 5. The van der Waals surface area contributed by atoms with E-state index in [0.29, 0.717) is 63.0 Å². The fourth-order valence-corrected chi connectivity index (χ4v) is 10.9. The van der Waals surface area contributed by atoms with Gasteiger partial charge in [-0.1, -0.05) is 109 Å². The summed E-state index contributed by atoms with van der Waals surface area (Å²) in [6.07, 6.45) is 3.63. The molecule has 0 saturated carbocycles. The van der Waals surface area contributed by atoms with Crippen LogP contribution in [0.1, 0.15) is 78.5 Å². The molecule has 0 amide bonds. The van der Waals surface area contributed by atoms with Gasteiger partial charge in [0.15, 0.2) is 17.3 Å². The molecule has 2 aliphatic rings. The summed E-state index contributed by atoms with van der Waals surface area (Å²) >= 11 is 3.57. The smallest absolute Gasteiger partial charge is 0.342 e. The Morgan fingerprint density at radius 1 is 0.569 bits per heavy atom. The average Bonchev–Trinajstić information content (AvgIpc) is 4.05. The summed E-state index contributed by atoms with van der Waals surface area (Å²) in [5, 5.41) is 1.25. The lowest BCUT2D eigenvalue weighted by molar-refractivity contribution is 0.0465. The SMILES string of the molecule is O=C1/C(=C/c2nc3c(C(=O)OCc4ccccc4)c4sc5nc(C=C6C(=O)c7ccccc7C6=O)sc5c4c(C(=O)OCc4ccccc4)c3s2)Cc2ccccc21. The monoisotopic (exact) mass is 814 g/mol. The Kier molecular flexibility index (Phi) is 8.81. The van der Waals surface area contributed by atoms with Crippen molar-refractivity contribution in [1.82, 2.24) is 9.97 Å². The molecule has 2 aliphatic carbocycles. The number of aromatic nitrogens is 2. The molecule has 0 aliphatic heterocycles. The number of thiophene rings is 1. The van der Waals surface area contributed by atoms with Crippen molar-refractivity contribution in [3.8, 4) is 0 Å². The number of hydrogen-bond donors (Lipinski definition) is 0. The van der Waals surface area contributed by atoms with Gasteiger partial charge in [0.2, 0.25) is 0 Å². The van der Waals surface area contributed by atoms with Gasteiger partial charge in [-0.25, -0.2) is 19.6 Å². The summed E-state index contributed by atoms with van der Waals surface area (Å²) in [4.78, 5) is 79.1. The molecular weight excluding hydrogens is 789 g/mol. The van der Waals surface area contributed by atoms with Crippen molar-refractivity contribution in [1.29, 1.82) is 0 Å². The number of Topliss-reactive ketones (excluding diaryl/α,β-unsaturated/α-hetero) is 3. The Balaban J connectivity index is 1.16. The minimum atomic E-state index is -0.645. The number of allylic oxidation sites excluding steroid dienone is 2. The van der Waals surface area contributed by atoms with E-state index in [-0.39, 0.29) is 52.8 Å². The zero-order valence-corrected chi connectivity index (χ0v) is 32.6. The Morgan fingerprint density at radius 2 is 1.12 bits per heavy atom. The number of rotatable bonds is 8. The standard InChI is InChI=1S/C46H26N2O7S3/c49-38-27(19-26-15-7-8-16-28(26)38)20-32-47-37-36(46(53)55-23-25-13-5-2-6-14-25)41-34(35(42(37)56-32)45(52)54-22-24-11-3-1-4-12-24)43-44(58-41)48-33(57-43)21-31-39(50)29-17-9-10-18-30(29)40(31)51/h1-18,20-21H,19,22-23H2/b27-20+. The summed E-state index contributed by atoms with van der Waals surface area (Å²) < 4.78 is 13.3. The first-order valence-electron chi connectivity index (χ1n) is 18.2. The second-order valence-electron chi connectivity index (χ2n) is 13.7. The zero-order chi connectivity index (χ0) is 39.5. The Labute approximate surface area is 341 Å². The quantitative estimate of drug-likeness (QED) is 0.0836. The van der Waals surface area contributed by atoms with Crippen molar-refractivity contribution in [2.75, 3.05) is 0 Å². The number of benzene rings is 5. The summed E-state index contributed by atoms with van der Waals surface area (Å²) in [6, 6.07) is 32.7. The van der Waals surface area contributed by atoms with Crippen molar-refractivity contribution in [3.05, 3.63) is 175 Å². The lowest BCUT2D eigenvalue weighted by atomic mass is 10.0. The van der Waals surface area contributed by atoms with Crippen LogP contribution in [0, 0.1) is 0 Å². The van der Waals surface area contributed by atoms with Crippen LogP contribution < -0.4 is 0 Å². The summed E-state index contributed by atoms with van der Waals surface area (Å²) in [5.74, 6) is -2.15. The first kappa shape index (κ1) is 35.7. The van der Waals surface area contributed by atoms with Gasteiger partial charge in [-0.3, -0.25) is 14.4 Å². The molecule has 10 rings (SSSR count). The first-order chi connectivity index (χ1) is 28.3. The first-order valence-corrected chi connectivity index (χ1v) is 20.6. The van der Waals surface area contributed by atoms with Crippen LogP contribution >= 0.6 is 34.0 Å². The fraction of sp³-hybridized carbons (Fsp3) is 0.0652. The lowest BCUT2D eigenvalue weighted by Gasteiger charge is -2.11. The van der Waals surface area contributed by atoms with Gasteiger partial charge in [-0.05, 0) is 28.8 Å². The highest BCUT2D eigenvalue weighted by molar-refractivity contribution is 7.33. The highest BCUT2D eigenvalue weighted by Gasteiger charge is 2.35. The van der Waals surface area contributed by atoms with Gasteiger partial charge in [0.25, 0.3) is 0 Å². The van der Waals surface area contributed by atoms with E-state index in [1.54, 1.807) is 36.4 Å². The van der Waals surface area contributed by atoms with Crippen LogP contribution in [0.5, 0.6) is 0 Å². The third kappa shape index (κ3) is 6.09. The highest BCUT2D eigenvalue weighted by Crippen LogP contribution is 2.47. The molecule has 0 atom stereocenters. The number of ketones is 3. The second-order valence-corrected chi connectivity index (χ2v) is 16.8. The maximum Gasteiger partial charge on any atom is 0.342 e. The van der Waals surface area contributed by atoms with Crippen molar-refractivity contribution in [3.63, 3.8) is 0 Å². The van der Waals surface area contributed by atoms with Crippen molar-refractivity contribution < 1.29 is 33.4 Å². The molecule has 9 nitrogen and oxygen atoms in total. The molecule has 0 spiro atoms. The largest absolute Gasteiger partial charge is 0.457 e. The highest BCUT2D eigenvalue weighted by atomic mass is 32.1. The molecule has 0 bridgehead atoms. The number of nitrogens with zero attached hydrogens (tertiary/aromatic N) is 2. The third-order valence-electron chi connectivity index (χ3n) is 10.1. The number of carbonyl (C=O) groups excluding carboxylic acids is 5. The van der Waals surface area contributed by atoms with E-state index in [0.717, 1.165) is 16.7 Å². The summed E-state index contributed by atoms with van der Waals surface area (Å²) in [6.45, 7) is -0.0123. The van der Waals surface area contributed by atoms with E-state index in [1.165, 1.54) is 40.1 Å². The topological polar surface area (TPSA) is 130 Å². The van der Waals surface area contributed by atoms with Crippen molar-refractivity contribution in [2.45, 2.75) is 19.6 Å².